The standard InChI is InChI=1S/C14H20N4O3/c1-2-21-14(20)12(15)13(19)17-10-5-6-11(16-9-10)18-7-3-4-8-18/h5-6,9,12H,2-4,7-8,15H2,1H3,(H,17,19). The lowest BCUT2D eigenvalue weighted by atomic mass is 10.3. The first-order chi connectivity index (χ1) is 10.1. The summed E-state index contributed by atoms with van der Waals surface area (Å²) in [5.74, 6) is -0.457. The molecule has 1 fully saturated rings. The number of esters is 1. The summed E-state index contributed by atoms with van der Waals surface area (Å²) in [7, 11) is 0. The molecule has 2 rings (SSSR count). The molecule has 0 bridgehead atoms. The molecule has 0 aliphatic carbocycles. The lowest BCUT2D eigenvalue weighted by Crippen LogP contribution is -2.43. The van der Waals surface area contributed by atoms with E-state index in [0.717, 1.165) is 18.9 Å². The fourth-order valence-corrected chi connectivity index (χ4v) is 2.15. The third-order valence-corrected chi connectivity index (χ3v) is 3.27. The fourth-order valence-electron chi connectivity index (χ4n) is 2.15. The predicted molar refractivity (Wildman–Crippen MR) is 78.9 cm³/mol. The smallest absolute Gasteiger partial charge is 0.332 e. The van der Waals surface area contributed by atoms with Crippen LogP contribution in [0.1, 0.15) is 19.8 Å². The number of nitrogens with one attached hydrogen (secondary N) is 1. The molecule has 1 amide bonds. The zero-order chi connectivity index (χ0) is 15.2. The van der Waals surface area contributed by atoms with E-state index < -0.39 is 17.9 Å². The molecule has 2 heterocycles. The maximum Gasteiger partial charge on any atom is 0.332 e. The average Bonchev–Trinajstić information content (AvgIpc) is 3.01. The van der Waals surface area contributed by atoms with Crippen LogP contribution >= 0.6 is 0 Å². The average molecular weight is 292 g/mol. The summed E-state index contributed by atoms with van der Waals surface area (Å²) in [5, 5.41) is 2.55. The molecule has 0 aromatic carbocycles. The monoisotopic (exact) mass is 292 g/mol. The summed E-state index contributed by atoms with van der Waals surface area (Å²) in [6.07, 6.45) is 3.91. The van der Waals surface area contributed by atoms with Crippen LogP contribution in [0.4, 0.5) is 11.5 Å². The van der Waals surface area contributed by atoms with Crippen molar-refractivity contribution in [3.8, 4) is 0 Å². The molecule has 0 radical (unpaired) electrons. The highest BCUT2D eigenvalue weighted by Crippen LogP contribution is 2.19. The van der Waals surface area contributed by atoms with E-state index in [1.54, 1.807) is 19.2 Å². The lowest BCUT2D eigenvalue weighted by molar-refractivity contribution is -0.146. The van der Waals surface area contributed by atoms with Crippen LogP contribution in [0.2, 0.25) is 0 Å². The molecule has 21 heavy (non-hydrogen) atoms. The summed E-state index contributed by atoms with van der Waals surface area (Å²) in [6.45, 7) is 3.86. The quantitative estimate of drug-likeness (QED) is 0.606. The number of pyridine rings is 1. The highest BCUT2D eigenvalue weighted by Gasteiger charge is 2.23. The number of rotatable bonds is 5. The van der Waals surface area contributed by atoms with Gasteiger partial charge in [-0.15, -0.1) is 0 Å². The van der Waals surface area contributed by atoms with Crippen molar-refractivity contribution in [2.75, 3.05) is 29.9 Å². The van der Waals surface area contributed by atoms with Gasteiger partial charge < -0.3 is 20.7 Å². The fraction of sp³-hybridized carbons (Fsp3) is 0.500. The third kappa shape index (κ3) is 3.91. The third-order valence-electron chi connectivity index (χ3n) is 3.27. The second kappa shape index (κ2) is 7.03. The van der Waals surface area contributed by atoms with Crippen LogP contribution in [-0.2, 0) is 14.3 Å². The topological polar surface area (TPSA) is 97.5 Å². The number of carbonyl (C=O) groups is 2. The molecule has 0 saturated carbocycles. The Bertz CT molecular complexity index is 497. The van der Waals surface area contributed by atoms with Crippen molar-refractivity contribution in [1.29, 1.82) is 0 Å². The van der Waals surface area contributed by atoms with Gasteiger partial charge in [-0.2, -0.15) is 0 Å². The summed E-state index contributed by atoms with van der Waals surface area (Å²) in [4.78, 5) is 29.7. The first kappa shape index (κ1) is 15.2. The minimum absolute atomic E-state index is 0.186. The normalized spacial score (nSPS) is 15.6. The largest absolute Gasteiger partial charge is 0.464 e. The van der Waals surface area contributed by atoms with Gasteiger partial charge in [0.05, 0.1) is 18.5 Å². The first-order valence-electron chi connectivity index (χ1n) is 7.06. The maximum absolute atomic E-state index is 11.8. The van der Waals surface area contributed by atoms with Gasteiger partial charge in [0, 0.05) is 13.1 Å². The van der Waals surface area contributed by atoms with Crippen molar-refractivity contribution in [3.05, 3.63) is 18.3 Å². The molecule has 3 N–H and O–H groups in total. The first-order valence-corrected chi connectivity index (χ1v) is 7.06. The summed E-state index contributed by atoms with van der Waals surface area (Å²) >= 11 is 0. The van der Waals surface area contributed by atoms with Crippen LogP contribution < -0.4 is 16.0 Å². The molecule has 1 saturated heterocycles. The van der Waals surface area contributed by atoms with Gasteiger partial charge in [-0.3, -0.25) is 4.79 Å². The predicted octanol–water partition coefficient (Wildman–Crippen LogP) is 0.511. The lowest BCUT2D eigenvalue weighted by Gasteiger charge is -2.16. The number of nitrogens with two attached hydrogens (primary N) is 1. The zero-order valence-electron chi connectivity index (χ0n) is 12.0. The van der Waals surface area contributed by atoms with Crippen molar-refractivity contribution in [1.82, 2.24) is 4.98 Å². The van der Waals surface area contributed by atoms with E-state index in [0.29, 0.717) is 5.69 Å². The molecular formula is C14H20N4O3. The van der Waals surface area contributed by atoms with Gasteiger partial charge in [0.2, 0.25) is 0 Å². The van der Waals surface area contributed by atoms with E-state index in [1.165, 1.54) is 12.8 Å². The van der Waals surface area contributed by atoms with Crippen molar-refractivity contribution in [2.45, 2.75) is 25.8 Å². The van der Waals surface area contributed by atoms with Gasteiger partial charge in [0.25, 0.3) is 5.91 Å². The van der Waals surface area contributed by atoms with Crippen LogP contribution in [-0.4, -0.2) is 42.6 Å². The zero-order valence-corrected chi connectivity index (χ0v) is 12.0. The number of anilines is 2. The molecule has 114 valence electrons. The molecule has 1 aromatic rings. The van der Waals surface area contributed by atoms with Gasteiger partial charge in [-0.25, -0.2) is 9.78 Å². The highest BCUT2D eigenvalue weighted by molar-refractivity contribution is 6.08. The molecule has 1 aliphatic heterocycles. The molecule has 7 nitrogen and oxygen atoms in total. The minimum atomic E-state index is -1.33. The van der Waals surface area contributed by atoms with Crippen LogP contribution in [0, 0.1) is 0 Å². The van der Waals surface area contributed by atoms with E-state index in [9.17, 15) is 9.59 Å². The Hall–Kier alpha value is -2.15. The Balaban J connectivity index is 1.93. The molecular weight excluding hydrogens is 272 g/mol. The van der Waals surface area contributed by atoms with Crippen molar-refractivity contribution >= 4 is 23.4 Å². The Morgan fingerprint density at radius 1 is 1.43 bits per heavy atom. The Kier molecular flexibility index (Phi) is 5.10. The summed E-state index contributed by atoms with van der Waals surface area (Å²) < 4.78 is 4.70. The number of ether oxygens (including phenoxy) is 1. The van der Waals surface area contributed by atoms with E-state index >= 15 is 0 Å². The van der Waals surface area contributed by atoms with E-state index in [2.05, 4.69) is 15.2 Å². The van der Waals surface area contributed by atoms with Crippen LogP contribution in [0.5, 0.6) is 0 Å². The number of hydrogen-bond donors (Lipinski definition) is 2. The molecule has 1 atom stereocenters. The van der Waals surface area contributed by atoms with Crippen molar-refractivity contribution < 1.29 is 14.3 Å². The summed E-state index contributed by atoms with van der Waals surface area (Å²) in [5.41, 5.74) is 6.01. The minimum Gasteiger partial charge on any atom is -0.464 e. The number of hydrogen-bond acceptors (Lipinski definition) is 6. The van der Waals surface area contributed by atoms with Gasteiger partial charge in [-0.05, 0) is 31.9 Å². The number of amides is 1. The van der Waals surface area contributed by atoms with Crippen molar-refractivity contribution in [3.63, 3.8) is 0 Å². The molecule has 1 unspecified atom stereocenters. The van der Waals surface area contributed by atoms with Gasteiger partial charge in [-0.1, -0.05) is 0 Å². The molecule has 0 spiro atoms. The second-order valence-electron chi connectivity index (χ2n) is 4.82. The molecule has 1 aromatic heterocycles. The van der Waals surface area contributed by atoms with Crippen LogP contribution in [0.3, 0.4) is 0 Å². The van der Waals surface area contributed by atoms with E-state index in [1.807, 2.05) is 6.07 Å². The van der Waals surface area contributed by atoms with E-state index in [-0.39, 0.29) is 6.61 Å². The SMILES string of the molecule is CCOC(=O)C(N)C(=O)Nc1ccc(N2CCCC2)nc1. The number of carbonyl (C=O) groups excluding carboxylic acids is 2. The Morgan fingerprint density at radius 2 is 2.14 bits per heavy atom. The van der Waals surface area contributed by atoms with E-state index in [4.69, 9.17) is 10.5 Å². The Morgan fingerprint density at radius 3 is 2.71 bits per heavy atom. The van der Waals surface area contributed by atoms with Crippen molar-refractivity contribution in [2.24, 2.45) is 5.73 Å². The maximum atomic E-state index is 11.8. The van der Waals surface area contributed by atoms with Crippen LogP contribution in [0.15, 0.2) is 18.3 Å². The van der Waals surface area contributed by atoms with Gasteiger partial charge in [0.15, 0.2) is 6.04 Å². The van der Waals surface area contributed by atoms with Crippen LogP contribution in [0.25, 0.3) is 0 Å². The number of nitrogens with zero attached hydrogens (tertiary/aromatic N) is 2. The molecule has 7 heteroatoms. The number of aromatic nitrogens is 1. The molecule has 1 aliphatic rings. The van der Waals surface area contributed by atoms with Gasteiger partial charge in [0.1, 0.15) is 5.82 Å². The Labute approximate surface area is 123 Å². The second-order valence-corrected chi connectivity index (χ2v) is 4.82. The highest BCUT2D eigenvalue weighted by atomic mass is 16.5. The van der Waals surface area contributed by atoms with Gasteiger partial charge >= 0.3 is 5.97 Å². The summed E-state index contributed by atoms with van der Waals surface area (Å²) in [6, 6.07) is 2.26.